The second-order valence-electron chi connectivity index (χ2n) is 3.83. The van der Waals surface area contributed by atoms with Crippen LogP contribution in [-0.4, -0.2) is 30.9 Å². The van der Waals surface area contributed by atoms with Gasteiger partial charge < -0.3 is 5.11 Å². The quantitative estimate of drug-likeness (QED) is 0.812. The molecule has 0 radical (unpaired) electrons. The molecule has 2 N–H and O–H groups in total. The SMILES string of the molecule is CS(=O)(=O)O.N#CC(CCCO)c1ccc(Br)cc1. The Morgan fingerprint density at radius 3 is 2.21 bits per heavy atom. The van der Waals surface area contributed by atoms with Crippen molar-refractivity contribution in [1.82, 2.24) is 0 Å². The number of hydrogen-bond donors (Lipinski definition) is 2. The molecule has 0 aliphatic heterocycles. The van der Waals surface area contributed by atoms with Crippen molar-refractivity contribution in [2.24, 2.45) is 0 Å². The number of halogens is 1. The fourth-order valence-electron chi connectivity index (χ4n) is 1.30. The molecule has 1 rings (SSSR count). The van der Waals surface area contributed by atoms with E-state index in [1.54, 1.807) is 0 Å². The molecule has 7 heteroatoms. The minimum absolute atomic E-state index is 0.102. The average molecular weight is 350 g/mol. The van der Waals surface area contributed by atoms with Crippen LogP contribution >= 0.6 is 15.9 Å². The van der Waals surface area contributed by atoms with Gasteiger partial charge >= 0.3 is 0 Å². The number of aliphatic hydroxyl groups is 1. The third-order valence-electron chi connectivity index (χ3n) is 2.08. The maximum Gasteiger partial charge on any atom is 0.261 e. The van der Waals surface area contributed by atoms with Crippen LogP contribution in [0.3, 0.4) is 0 Å². The minimum Gasteiger partial charge on any atom is -0.396 e. The molecule has 0 saturated heterocycles. The molecule has 1 aromatic rings. The first-order chi connectivity index (χ1) is 8.77. The topological polar surface area (TPSA) is 98.4 Å². The van der Waals surface area contributed by atoms with Crippen molar-refractivity contribution in [1.29, 1.82) is 5.26 Å². The zero-order valence-electron chi connectivity index (χ0n) is 10.5. The van der Waals surface area contributed by atoms with Crippen molar-refractivity contribution in [2.45, 2.75) is 18.8 Å². The zero-order chi connectivity index (χ0) is 14.9. The summed E-state index contributed by atoms with van der Waals surface area (Å²) in [6.45, 7) is 0.148. The standard InChI is InChI=1S/C11H12BrNO.CH4O3S/c12-11-5-3-9(4-6-11)10(8-13)2-1-7-14;1-5(2,3)4/h3-6,10,14H,1-2,7H2;1H3,(H,2,3,4). The van der Waals surface area contributed by atoms with Crippen molar-refractivity contribution in [2.75, 3.05) is 12.9 Å². The number of aliphatic hydroxyl groups excluding tert-OH is 1. The van der Waals surface area contributed by atoms with Crippen molar-refractivity contribution in [3.8, 4) is 6.07 Å². The summed E-state index contributed by atoms with van der Waals surface area (Å²) in [7, 11) is -3.67. The summed E-state index contributed by atoms with van der Waals surface area (Å²) in [6.07, 6.45) is 2.11. The highest BCUT2D eigenvalue weighted by molar-refractivity contribution is 9.10. The highest BCUT2D eigenvalue weighted by atomic mass is 79.9. The van der Waals surface area contributed by atoms with Gasteiger partial charge in [0.1, 0.15) is 0 Å². The first-order valence-electron chi connectivity index (χ1n) is 5.46. The number of nitrogens with zero attached hydrogens (tertiary/aromatic N) is 1. The zero-order valence-corrected chi connectivity index (χ0v) is 12.9. The fraction of sp³-hybridized carbons (Fsp3) is 0.417. The van der Waals surface area contributed by atoms with Crippen molar-refractivity contribution in [3.05, 3.63) is 34.3 Å². The first-order valence-corrected chi connectivity index (χ1v) is 8.10. The average Bonchev–Trinajstić information content (AvgIpc) is 2.30. The molecule has 0 aromatic heterocycles. The molecular weight excluding hydrogens is 334 g/mol. The van der Waals surface area contributed by atoms with Gasteiger partial charge in [0.15, 0.2) is 0 Å². The molecule has 0 aliphatic carbocycles. The Kier molecular flexibility index (Phi) is 8.59. The van der Waals surface area contributed by atoms with Crippen LogP contribution in [0.4, 0.5) is 0 Å². The number of benzene rings is 1. The van der Waals surface area contributed by atoms with E-state index in [4.69, 9.17) is 14.9 Å². The molecule has 106 valence electrons. The normalized spacial score (nSPS) is 11.9. The molecule has 0 amide bonds. The summed E-state index contributed by atoms with van der Waals surface area (Å²) in [6, 6.07) is 9.98. The lowest BCUT2D eigenvalue weighted by Crippen LogP contribution is -1.97. The van der Waals surface area contributed by atoms with Crippen LogP contribution in [0.5, 0.6) is 0 Å². The van der Waals surface area contributed by atoms with Crippen LogP contribution in [0, 0.1) is 11.3 Å². The van der Waals surface area contributed by atoms with E-state index in [1.807, 2.05) is 24.3 Å². The molecule has 1 atom stereocenters. The Morgan fingerprint density at radius 1 is 1.37 bits per heavy atom. The van der Waals surface area contributed by atoms with Gasteiger partial charge in [0.2, 0.25) is 0 Å². The lowest BCUT2D eigenvalue weighted by molar-refractivity contribution is 0.283. The molecule has 0 fully saturated rings. The van der Waals surface area contributed by atoms with E-state index in [-0.39, 0.29) is 12.5 Å². The summed E-state index contributed by atoms with van der Waals surface area (Å²) in [4.78, 5) is 0. The third-order valence-corrected chi connectivity index (χ3v) is 2.61. The largest absolute Gasteiger partial charge is 0.396 e. The monoisotopic (exact) mass is 349 g/mol. The van der Waals surface area contributed by atoms with Gasteiger partial charge in [-0.1, -0.05) is 28.1 Å². The molecule has 1 unspecified atom stereocenters. The molecule has 0 heterocycles. The van der Waals surface area contributed by atoms with Crippen LogP contribution in [0.1, 0.15) is 24.3 Å². The van der Waals surface area contributed by atoms with E-state index >= 15 is 0 Å². The molecule has 0 bridgehead atoms. The molecule has 0 saturated carbocycles. The number of nitriles is 1. The number of hydrogen-bond acceptors (Lipinski definition) is 4. The van der Waals surface area contributed by atoms with Crippen LogP contribution in [0.15, 0.2) is 28.7 Å². The maximum absolute atomic E-state index is 9.19. The molecule has 1 aromatic carbocycles. The van der Waals surface area contributed by atoms with E-state index in [0.29, 0.717) is 19.1 Å². The van der Waals surface area contributed by atoms with Gasteiger partial charge in [-0.05, 0) is 30.5 Å². The van der Waals surface area contributed by atoms with Crippen molar-refractivity contribution in [3.63, 3.8) is 0 Å². The molecule has 0 spiro atoms. The predicted octanol–water partition coefficient (Wildman–Crippen LogP) is 2.33. The van der Waals surface area contributed by atoms with Gasteiger partial charge in [-0.15, -0.1) is 0 Å². The Hall–Kier alpha value is -0.940. The summed E-state index contributed by atoms with van der Waals surface area (Å²) < 4.78 is 26.9. The Balaban J connectivity index is 0.000000555. The molecule has 19 heavy (non-hydrogen) atoms. The Morgan fingerprint density at radius 2 is 1.84 bits per heavy atom. The highest BCUT2D eigenvalue weighted by Gasteiger charge is 2.09. The van der Waals surface area contributed by atoms with Crippen molar-refractivity contribution >= 4 is 26.0 Å². The second kappa shape index (κ2) is 9.04. The lowest BCUT2D eigenvalue weighted by Gasteiger charge is -2.07. The van der Waals surface area contributed by atoms with E-state index in [1.165, 1.54) is 0 Å². The summed E-state index contributed by atoms with van der Waals surface area (Å²) in [5.74, 6) is -0.102. The van der Waals surface area contributed by atoms with Crippen LogP contribution < -0.4 is 0 Å². The molecule has 0 aliphatic rings. The predicted molar refractivity (Wildman–Crippen MR) is 76.3 cm³/mol. The Labute approximate surface area is 121 Å². The van der Waals surface area contributed by atoms with E-state index in [0.717, 1.165) is 10.0 Å². The third kappa shape index (κ3) is 10.7. The fourth-order valence-corrected chi connectivity index (χ4v) is 1.56. The van der Waals surface area contributed by atoms with Gasteiger partial charge in [-0.25, -0.2) is 0 Å². The van der Waals surface area contributed by atoms with Gasteiger partial charge in [0, 0.05) is 11.1 Å². The molecular formula is C12H16BrNO4S. The summed E-state index contributed by atoms with van der Waals surface area (Å²) in [5, 5.41) is 17.6. The Bertz CT molecular complexity index is 500. The lowest BCUT2D eigenvalue weighted by atomic mass is 9.96. The van der Waals surface area contributed by atoms with Gasteiger partial charge in [-0.3, -0.25) is 4.55 Å². The number of rotatable bonds is 4. The summed E-state index contributed by atoms with van der Waals surface area (Å²) >= 11 is 3.35. The molecule has 5 nitrogen and oxygen atoms in total. The maximum atomic E-state index is 9.19. The summed E-state index contributed by atoms with van der Waals surface area (Å²) in [5.41, 5.74) is 1.02. The highest BCUT2D eigenvalue weighted by Crippen LogP contribution is 2.22. The van der Waals surface area contributed by atoms with Crippen LogP contribution in [-0.2, 0) is 10.1 Å². The smallest absolute Gasteiger partial charge is 0.261 e. The van der Waals surface area contributed by atoms with E-state index in [9.17, 15) is 8.42 Å². The minimum atomic E-state index is -3.67. The first kappa shape index (κ1) is 18.1. The van der Waals surface area contributed by atoms with Gasteiger partial charge in [-0.2, -0.15) is 13.7 Å². The van der Waals surface area contributed by atoms with Crippen LogP contribution in [0.2, 0.25) is 0 Å². The second-order valence-corrected chi connectivity index (χ2v) is 6.21. The van der Waals surface area contributed by atoms with Gasteiger partial charge in [0.05, 0.1) is 18.2 Å². The van der Waals surface area contributed by atoms with Gasteiger partial charge in [0.25, 0.3) is 10.1 Å². The van der Waals surface area contributed by atoms with Crippen molar-refractivity contribution < 1.29 is 18.1 Å². The van der Waals surface area contributed by atoms with E-state index in [2.05, 4.69) is 22.0 Å². The van der Waals surface area contributed by atoms with Crippen LogP contribution in [0.25, 0.3) is 0 Å². The van der Waals surface area contributed by atoms with E-state index < -0.39 is 10.1 Å².